The maximum absolute atomic E-state index is 10.7. The van der Waals surface area contributed by atoms with Crippen LogP contribution in [0.5, 0.6) is 0 Å². The van der Waals surface area contributed by atoms with E-state index >= 15 is 0 Å². The summed E-state index contributed by atoms with van der Waals surface area (Å²) in [6.07, 6.45) is 0. The summed E-state index contributed by atoms with van der Waals surface area (Å²) < 4.78 is 0. The summed E-state index contributed by atoms with van der Waals surface area (Å²) in [5, 5.41) is 18.3. The fourth-order valence-electron chi connectivity index (χ4n) is 1.18. The van der Waals surface area contributed by atoms with E-state index in [0.717, 1.165) is 5.56 Å². The summed E-state index contributed by atoms with van der Waals surface area (Å²) in [4.78, 5) is 10.7. The molecule has 2 rings (SSSR count). The molecule has 2 aromatic rings. The van der Waals surface area contributed by atoms with Gasteiger partial charge in [0.1, 0.15) is 5.69 Å². The number of aromatic carboxylic acids is 1. The number of nitrogens with zero attached hydrogens (tertiary/aromatic N) is 2. The van der Waals surface area contributed by atoms with Gasteiger partial charge < -0.3 is 5.11 Å². The van der Waals surface area contributed by atoms with Crippen LogP contribution in [0.1, 0.15) is 10.5 Å². The second-order valence-corrected chi connectivity index (χ2v) is 2.71. The molecule has 0 fully saturated rings. The van der Waals surface area contributed by atoms with Crippen molar-refractivity contribution in [2.24, 2.45) is 0 Å². The van der Waals surface area contributed by atoms with E-state index in [0.29, 0.717) is 5.69 Å². The number of aromatic nitrogens is 3. The smallest absolute Gasteiger partial charge is 0.356 e. The van der Waals surface area contributed by atoms with Crippen molar-refractivity contribution in [2.75, 3.05) is 0 Å². The van der Waals surface area contributed by atoms with E-state index in [-0.39, 0.29) is 18.1 Å². The molecule has 1 aromatic carbocycles. The molecule has 5 nitrogen and oxygen atoms in total. The molecule has 1 aromatic heterocycles. The molecule has 0 spiro atoms. The zero-order valence-electron chi connectivity index (χ0n) is 7.54. The van der Waals surface area contributed by atoms with Gasteiger partial charge in [-0.25, -0.2) is 4.79 Å². The molecule has 0 atom stereocenters. The van der Waals surface area contributed by atoms with E-state index in [1.165, 1.54) is 0 Å². The van der Waals surface area contributed by atoms with Crippen LogP contribution >= 0.6 is 12.4 Å². The first kappa shape index (κ1) is 11.2. The molecule has 78 valence electrons. The number of nitrogens with one attached hydrogen (secondary N) is 1. The van der Waals surface area contributed by atoms with Crippen molar-refractivity contribution in [3.63, 3.8) is 0 Å². The van der Waals surface area contributed by atoms with Gasteiger partial charge in [-0.3, -0.25) is 5.10 Å². The van der Waals surface area contributed by atoms with Crippen LogP contribution in [0.15, 0.2) is 30.3 Å². The van der Waals surface area contributed by atoms with Gasteiger partial charge in [0.05, 0.1) is 0 Å². The van der Waals surface area contributed by atoms with Gasteiger partial charge in [-0.05, 0) is 0 Å². The first-order chi connectivity index (χ1) is 6.79. The summed E-state index contributed by atoms with van der Waals surface area (Å²) in [5.41, 5.74) is 1.10. The van der Waals surface area contributed by atoms with Gasteiger partial charge in [-0.2, -0.15) is 0 Å². The highest BCUT2D eigenvalue weighted by molar-refractivity contribution is 5.92. The lowest BCUT2D eigenvalue weighted by Crippen LogP contribution is -1.99. The molecule has 0 radical (unpaired) electrons. The SMILES string of the molecule is Cl.O=C(O)c1[nH]nnc1-c1ccccc1. The Morgan fingerprint density at radius 2 is 1.93 bits per heavy atom. The predicted molar refractivity (Wildman–Crippen MR) is 56.0 cm³/mol. The average molecular weight is 226 g/mol. The molecule has 0 aliphatic rings. The van der Waals surface area contributed by atoms with Crippen LogP contribution in [0, 0.1) is 0 Å². The van der Waals surface area contributed by atoms with E-state index in [1.54, 1.807) is 12.1 Å². The van der Waals surface area contributed by atoms with Crippen LogP contribution in [0.25, 0.3) is 11.3 Å². The van der Waals surface area contributed by atoms with Gasteiger partial charge in [-0.1, -0.05) is 35.5 Å². The zero-order chi connectivity index (χ0) is 9.97. The number of carboxylic acid groups (broad SMARTS) is 1. The number of H-pyrrole nitrogens is 1. The Kier molecular flexibility index (Phi) is 3.41. The molecule has 0 saturated heterocycles. The molecule has 2 N–H and O–H groups in total. The van der Waals surface area contributed by atoms with E-state index in [9.17, 15) is 4.79 Å². The number of carbonyl (C=O) groups is 1. The number of halogens is 1. The molecular weight excluding hydrogens is 218 g/mol. The Balaban J connectivity index is 0.00000112. The summed E-state index contributed by atoms with van der Waals surface area (Å²) >= 11 is 0. The first-order valence-electron chi connectivity index (χ1n) is 3.99. The molecule has 15 heavy (non-hydrogen) atoms. The lowest BCUT2D eigenvalue weighted by molar-refractivity contribution is 0.0691. The molecule has 0 aliphatic heterocycles. The highest BCUT2D eigenvalue weighted by atomic mass is 35.5. The third kappa shape index (κ3) is 2.13. The van der Waals surface area contributed by atoms with Gasteiger partial charge in [0, 0.05) is 5.56 Å². The van der Waals surface area contributed by atoms with Crippen LogP contribution < -0.4 is 0 Å². The standard InChI is InChI=1S/C9H7N3O2.ClH/c13-9(14)8-7(10-12-11-8)6-4-2-1-3-5-6;/h1-5H,(H,13,14)(H,10,11,12);1H. The van der Waals surface area contributed by atoms with Crippen LogP contribution in [-0.2, 0) is 0 Å². The quantitative estimate of drug-likeness (QED) is 0.814. The number of carboxylic acids is 1. The fourth-order valence-corrected chi connectivity index (χ4v) is 1.18. The zero-order valence-corrected chi connectivity index (χ0v) is 8.36. The molecule has 0 amide bonds. The van der Waals surface area contributed by atoms with Crippen LogP contribution in [0.4, 0.5) is 0 Å². The largest absolute Gasteiger partial charge is 0.476 e. The lowest BCUT2D eigenvalue weighted by Gasteiger charge is -1.95. The Labute approximate surface area is 91.5 Å². The van der Waals surface area contributed by atoms with E-state index in [1.807, 2.05) is 18.2 Å². The minimum Gasteiger partial charge on any atom is -0.476 e. The molecular formula is C9H8ClN3O2. The molecule has 6 heteroatoms. The minimum atomic E-state index is -1.06. The Morgan fingerprint density at radius 3 is 2.53 bits per heavy atom. The molecule has 0 aliphatic carbocycles. The average Bonchev–Trinajstić information content (AvgIpc) is 2.67. The normalized spacial score (nSPS) is 9.33. The van der Waals surface area contributed by atoms with E-state index in [4.69, 9.17) is 5.11 Å². The maximum Gasteiger partial charge on any atom is 0.356 e. The first-order valence-corrected chi connectivity index (χ1v) is 3.99. The lowest BCUT2D eigenvalue weighted by atomic mass is 10.1. The predicted octanol–water partition coefficient (Wildman–Crippen LogP) is 1.59. The Bertz CT molecular complexity index is 455. The van der Waals surface area contributed by atoms with Gasteiger partial charge >= 0.3 is 5.97 Å². The third-order valence-electron chi connectivity index (χ3n) is 1.81. The Morgan fingerprint density at radius 1 is 1.27 bits per heavy atom. The van der Waals surface area contributed by atoms with E-state index in [2.05, 4.69) is 15.4 Å². The number of rotatable bonds is 2. The highest BCUT2D eigenvalue weighted by Gasteiger charge is 2.14. The number of benzene rings is 1. The molecule has 0 saturated carbocycles. The van der Waals surface area contributed by atoms with Crippen molar-refractivity contribution >= 4 is 18.4 Å². The van der Waals surface area contributed by atoms with Crippen LogP contribution in [0.3, 0.4) is 0 Å². The van der Waals surface area contributed by atoms with Crippen LogP contribution in [0.2, 0.25) is 0 Å². The Hall–Kier alpha value is -1.88. The van der Waals surface area contributed by atoms with Crippen LogP contribution in [-0.4, -0.2) is 26.5 Å². The highest BCUT2D eigenvalue weighted by Crippen LogP contribution is 2.18. The van der Waals surface area contributed by atoms with Crippen molar-refractivity contribution in [2.45, 2.75) is 0 Å². The summed E-state index contributed by atoms with van der Waals surface area (Å²) in [6.45, 7) is 0. The van der Waals surface area contributed by atoms with Gasteiger partial charge in [-0.15, -0.1) is 17.5 Å². The molecule has 1 heterocycles. The summed E-state index contributed by atoms with van der Waals surface area (Å²) in [5.74, 6) is -1.06. The third-order valence-corrected chi connectivity index (χ3v) is 1.81. The summed E-state index contributed by atoms with van der Waals surface area (Å²) in [6, 6.07) is 9.05. The second kappa shape index (κ2) is 4.56. The number of hydrogen-bond acceptors (Lipinski definition) is 3. The topological polar surface area (TPSA) is 78.9 Å². The minimum absolute atomic E-state index is 0. The van der Waals surface area contributed by atoms with Gasteiger partial charge in [0.2, 0.25) is 0 Å². The van der Waals surface area contributed by atoms with Crippen molar-refractivity contribution in [1.82, 2.24) is 15.4 Å². The van der Waals surface area contributed by atoms with Crippen molar-refractivity contribution in [1.29, 1.82) is 0 Å². The van der Waals surface area contributed by atoms with E-state index < -0.39 is 5.97 Å². The van der Waals surface area contributed by atoms with Crippen molar-refractivity contribution in [3.8, 4) is 11.3 Å². The number of hydrogen-bond donors (Lipinski definition) is 2. The second-order valence-electron chi connectivity index (χ2n) is 2.71. The molecule has 0 unspecified atom stereocenters. The summed E-state index contributed by atoms with van der Waals surface area (Å²) in [7, 11) is 0. The maximum atomic E-state index is 10.7. The molecule has 0 bridgehead atoms. The van der Waals surface area contributed by atoms with Crippen molar-refractivity contribution in [3.05, 3.63) is 36.0 Å². The van der Waals surface area contributed by atoms with Gasteiger partial charge in [0.15, 0.2) is 5.69 Å². The fraction of sp³-hybridized carbons (Fsp3) is 0. The number of aromatic amines is 1. The van der Waals surface area contributed by atoms with Crippen molar-refractivity contribution < 1.29 is 9.90 Å². The van der Waals surface area contributed by atoms with Gasteiger partial charge in [0.25, 0.3) is 0 Å². The monoisotopic (exact) mass is 225 g/mol.